The summed E-state index contributed by atoms with van der Waals surface area (Å²) in [5, 5.41) is 5.56. The van der Waals surface area contributed by atoms with Gasteiger partial charge < -0.3 is 20.1 Å². The van der Waals surface area contributed by atoms with Crippen LogP contribution in [0.15, 0.2) is 66.7 Å². The standard InChI is InChI=1S/C25H21N5O5S/c1-34-17-10-6-15(7-11-17)25(16-8-12-18(35-2)13-9-16)23(32)30(24(33)27-25)14-21(31)26-19-4-3-5-20-22(19)29-36-28-20/h3-13H,14H2,1-2H3,(H,26,31)(H,27,33). The minimum Gasteiger partial charge on any atom is -0.497 e. The molecule has 0 radical (unpaired) electrons. The fourth-order valence-corrected chi connectivity index (χ4v) is 4.75. The van der Waals surface area contributed by atoms with Crippen LogP contribution in [0.2, 0.25) is 0 Å². The number of nitrogens with one attached hydrogen (secondary N) is 2. The number of amides is 4. The maximum Gasteiger partial charge on any atom is 0.326 e. The molecule has 4 aromatic rings. The van der Waals surface area contributed by atoms with Gasteiger partial charge in [0.2, 0.25) is 5.91 Å². The second kappa shape index (κ2) is 9.27. The third-order valence-electron chi connectivity index (χ3n) is 6.01. The molecule has 1 saturated heterocycles. The number of anilines is 1. The Balaban J connectivity index is 1.47. The van der Waals surface area contributed by atoms with Crippen molar-refractivity contribution in [2.75, 3.05) is 26.1 Å². The second-order valence-corrected chi connectivity index (χ2v) is 8.54. The van der Waals surface area contributed by atoms with Crippen molar-refractivity contribution in [2.45, 2.75) is 5.54 Å². The molecule has 0 saturated carbocycles. The zero-order valence-electron chi connectivity index (χ0n) is 19.3. The summed E-state index contributed by atoms with van der Waals surface area (Å²) < 4.78 is 18.8. The monoisotopic (exact) mass is 503 g/mol. The van der Waals surface area contributed by atoms with Crippen molar-refractivity contribution in [3.8, 4) is 11.5 Å². The molecule has 11 heteroatoms. The Bertz CT molecular complexity index is 1400. The van der Waals surface area contributed by atoms with Gasteiger partial charge in [0.1, 0.15) is 29.1 Å². The predicted molar refractivity (Wildman–Crippen MR) is 133 cm³/mol. The fraction of sp³-hybridized carbons (Fsp3) is 0.160. The average molecular weight is 504 g/mol. The largest absolute Gasteiger partial charge is 0.497 e. The van der Waals surface area contributed by atoms with Gasteiger partial charge in [-0.25, -0.2) is 4.79 Å². The van der Waals surface area contributed by atoms with Crippen LogP contribution in [-0.4, -0.2) is 52.3 Å². The van der Waals surface area contributed by atoms with Crippen molar-refractivity contribution in [2.24, 2.45) is 0 Å². The smallest absolute Gasteiger partial charge is 0.326 e. The minimum atomic E-state index is -1.53. The molecule has 1 aromatic heterocycles. The SMILES string of the molecule is COc1ccc(C2(c3ccc(OC)cc3)NC(=O)N(CC(=O)Nc3cccc4nsnc34)C2=O)cc1. The number of rotatable bonds is 7. The van der Waals surface area contributed by atoms with Gasteiger partial charge in [-0.3, -0.25) is 14.5 Å². The Labute approximate surface area is 210 Å². The topological polar surface area (TPSA) is 123 Å². The van der Waals surface area contributed by atoms with Gasteiger partial charge in [-0.1, -0.05) is 30.3 Å². The van der Waals surface area contributed by atoms with Gasteiger partial charge in [0.25, 0.3) is 5.91 Å². The average Bonchev–Trinajstić information content (AvgIpc) is 3.49. The highest BCUT2D eigenvalue weighted by atomic mass is 32.1. The molecule has 2 heterocycles. The molecule has 182 valence electrons. The van der Waals surface area contributed by atoms with E-state index < -0.39 is 29.9 Å². The van der Waals surface area contributed by atoms with Crippen LogP contribution >= 0.6 is 11.7 Å². The van der Waals surface area contributed by atoms with Gasteiger partial charge in [-0.2, -0.15) is 8.75 Å². The number of hydrogen-bond donors (Lipinski definition) is 2. The molecule has 0 aliphatic carbocycles. The molecular weight excluding hydrogens is 482 g/mol. The summed E-state index contributed by atoms with van der Waals surface area (Å²) in [4.78, 5) is 40.8. The molecule has 3 aromatic carbocycles. The van der Waals surface area contributed by atoms with Crippen molar-refractivity contribution in [1.29, 1.82) is 0 Å². The third kappa shape index (κ3) is 3.89. The first kappa shape index (κ1) is 23.2. The highest BCUT2D eigenvalue weighted by Gasteiger charge is 2.54. The number of methoxy groups -OCH3 is 2. The molecule has 5 rings (SSSR count). The lowest BCUT2D eigenvalue weighted by molar-refractivity contribution is -0.133. The van der Waals surface area contributed by atoms with Gasteiger partial charge in [0, 0.05) is 0 Å². The first-order valence-corrected chi connectivity index (χ1v) is 11.6. The first-order valence-electron chi connectivity index (χ1n) is 10.9. The summed E-state index contributed by atoms with van der Waals surface area (Å²) in [7, 11) is 3.08. The van der Waals surface area contributed by atoms with Crippen LogP contribution in [0.3, 0.4) is 0 Å². The second-order valence-electron chi connectivity index (χ2n) is 8.01. The number of carbonyl (C=O) groups is 3. The summed E-state index contributed by atoms with van der Waals surface area (Å²) in [6, 6.07) is 18.2. The molecule has 2 N–H and O–H groups in total. The summed E-state index contributed by atoms with van der Waals surface area (Å²) in [5.74, 6) is 0.0791. The lowest BCUT2D eigenvalue weighted by Gasteiger charge is -2.28. The number of carbonyl (C=O) groups excluding carboxylic acids is 3. The van der Waals surface area contributed by atoms with Crippen LogP contribution in [0.4, 0.5) is 10.5 Å². The lowest BCUT2D eigenvalue weighted by atomic mass is 9.82. The van der Waals surface area contributed by atoms with Crippen molar-refractivity contribution in [1.82, 2.24) is 19.0 Å². The molecule has 0 spiro atoms. The molecule has 0 unspecified atom stereocenters. The number of urea groups is 1. The van der Waals surface area contributed by atoms with Gasteiger partial charge in [-0.05, 0) is 47.5 Å². The van der Waals surface area contributed by atoms with Crippen LogP contribution in [0, 0.1) is 0 Å². The zero-order chi connectivity index (χ0) is 25.3. The molecule has 10 nitrogen and oxygen atoms in total. The number of nitrogens with zero attached hydrogens (tertiary/aromatic N) is 3. The van der Waals surface area contributed by atoms with Gasteiger partial charge >= 0.3 is 6.03 Å². The van der Waals surface area contributed by atoms with Crippen LogP contribution in [0.25, 0.3) is 11.0 Å². The molecule has 0 atom stereocenters. The lowest BCUT2D eigenvalue weighted by Crippen LogP contribution is -2.45. The number of ether oxygens (including phenoxy) is 2. The number of benzene rings is 3. The zero-order valence-corrected chi connectivity index (χ0v) is 20.2. The summed E-state index contributed by atoms with van der Waals surface area (Å²) in [5.41, 5.74) is 1.15. The maximum atomic E-state index is 13.9. The van der Waals surface area contributed by atoms with E-state index in [0.29, 0.717) is 39.3 Å². The Kier molecular flexibility index (Phi) is 5.98. The molecule has 1 aliphatic heterocycles. The predicted octanol–water partition coefficient (Wildman–Crippen LogP) is 3.14. The van der Waals surface area contributed by atoms with Gasteiger partial charge in [-0.15, -0.1) is 0 Å². The maximum absolute atomic E-state index is 13.9. The van der Waals surface area contributed by atoms with Crippen LogP contribution in [0.5, 0.6) is 11.5 Å². The highest BCUT2D eigenvalue weighted by Crippen LogP contribution is 2.37. The van der Waals surface area contributed by atoms with E-state index in [4.69, 9.17) is 9.47 Å². The Morgan fingerprint density at radius 3 is 2.14 bits per heavy atom. The number of hydrogen-bond acceptors (Lipinski definition) is 8. The van der Waals surface area contributed by atoms with Crippen molar-refractivity contribution >= 4 is 46.3 Å². The van der Waals surface area contributed by atoms with Crippen molar-refractivity contribution in [3.05, 3.63) is 77.9 Å². The van der Waals surface area contributed by atoms with Gasteiger partial charge in [0.15, 0.2) is 5.54 Å². The van der Waals surface area contributed by atoms with Crippen LogP contribution in [0.1, 0.15) is 11.1 Å². The summed E-state index contributed by atoms with van der Waals surface area (Å²) in [6.45, 7) is -0.479. The first-order chi connectivity index (χ1) is 17.5. The number of fused-ring (bicyclic) bond motifs is 1. The fourth-order valence-electron chi connectivity index (χ4n) is 4.20. The Morgan fingerprint density at radius 2 is 1.56 bits per heavy atom. The van der Waals surface area contributed by atoms with Gasteiger partial charge in [0.05, 0.1) is 31.6 Å². The number of aromatic nitrogens is 2. The molecular formula is C25H21N5O5S. The van der Waals surface area contributed by atoms with E-state index in [2.05, 4.69) is 19.4 Å². The van der Waals surface area contributed by atoms with E-state index in [9.17, 15) is 14.4 Å². The van der Waals surface area contributed by atoms with Crippen molar-refractivity contribution in [3.63, 3.8) is 0 Å². The molecule has 1 fully saturated rings. The third-order valence-corrected chi connectivity index (χ3v) is 6.56. The van der Waals surface area contributed by atoms with E-state index in [0.717, 1.165) is 16.6 Å². The number of imide groups is 1. The quantitative estimate of drug-likeness (QED) is 0.372. The summed E-state index contributed by atoms with van der Waals surface area (Å²) >= 11 is 1.03. The molecule has 36 heavy (non-hydrogen) atoms. The van der Waals surface area contributed by atoms with E-state index in [1.165, 1.54) is 0 Å². The van der Waals surface area contributed by atoms with E-state index in [-0.39, 0.29) is 0 Å². The minimum absolute atomic E-state index is 0.454. The summed E-state index contributed by atoms with van der Waals surface area (Å²) in [6.07, 6.45) is 0. The highest BCUT2D eigenvalue weighted by molar-refractivity contribution is 7.00. The van der Waals surface area contributed by atoms with Crippen LogP contribution in [-0.2, 0) is 15.1 Å². The normalized spacial score (nSPS) is 14.6. The van der Waals surface area contributed by atoms with Crippen LogP contribution < -0.4 is 20.1 Å². The Hall–Kier alpha value is -4.51. The molecule has 4 amide bonds. The van der Waals surface area contributed by atoms with E-state index in [1.807, 2.05) is 0 Å². The van der Waals surface area contributed by atoms with Crippen molar-refractivity contribution < 1.29 is 23.9 Å². The van der Waals surface area contributed by atoms with E-state index >= 15 is 0 Å². The molecule has 0 bridgehead atoms. The Morgan fingerprint density at radius 1 is 0.944 bits per heavy atom. The molecule has 1 aliphatic rings. The van der Waals surface area contributed by atoms with E-state index in [1.54, 1.807) is 80.9 Å².